The highest BCUT2D eigenvalue weighted by atomic mass is 32.2. The summed E-state index contributed by atoms with van der Waals surface area (Å²) in [5.41, 5.74) is 1.25. The molecule has 0 spiro atoms. The molecule has 0 saturated carbocycles. The van der Waals surface area contributed by atoms with E-state index in [2.05, 4.69) is 35.3 Å². The van der Waals surface area contributed by atoms with Crippen LogP contribution in [-0.2, 0) is 11.3 Å². The molecule has 0 unspecified atom stereocenters. The van der Waals surface area contributed by atoms with Crippen molar-refractivity contribution < 1.29 is 4.74 Å². The summed E-state index contributed by atoms with van der Waals surface area (Å²) in [4.78, 5) is 0. The van der Waals surface area contributed by atoms with Crippen molar-refractivity contribution in [1.29, 1.82) is 0 Å². The lowest BCUT2D eigenvalue weighted by atomic mass is 9.96. The molecule has 4 nitrogen and oxygen atoms in total. The van der Waals surface area contributed by atoms with Gasteiger partial charge >= 0.3 is 0 Å². The summed E-state index contributed by atoms with van der Waals surface area (Å²) in [6.45, 7) is 5.01. The minimum atomic E-state index is 0.237. The Morgan fingerprint density at radius 2 is 2.25 bits per heavy atom. The average Bonchev–Trinajstić information content (AvgIpc) is 3.14. The molecule has 1 aromatic heterocycles. The van der Waals surface area contributed by atoms with Crippen LogP contribution in [0.5, 0.6) is 0 Å². The Morgan fingerprint density at radius 3 is 3.00 bits per heavy atom. The lowest BCUT2D eigenvalue weighted by Gasteiger charge is -2.25. The van der Waals surface area contributed by atoms with Gasteiger partial charge in [0.25, 0.3) is 0 Å². The van der Waals surface area contributed by atoms with E-state index in [1.54, 1.807) is 0 Å². The summed E-state index contributed by atoms with van der Waals surface area (Å²) in [6, 6.07) is 0.718. The second-order valence-corrected chi connectivity index (χ2v) is 6.99. The van der Waals surface area contributed by atoms with Gasteiger partial charge in [0.2, 0.25) is 0 Å². The first-order valence-electron chi connectivity index (χ1n) is 7.82. The Balaban J connectivity index is 1.54. The highest BCUT2D eigenvalue weighted by Crippen LogP contribution is 2.34. The van der Waals surface area contributed by atoms with Crippen LogP contribution < -0.4 is 5.32 Å². The maximum atomic E-state index is 5.95. The van der Waals surface area contributed by atoms with E-state index in [9.17, 15) is 0 Å². The van der Waals surface area contributed by atoms with Gasteiger partial charge in [-0.25, -0.2) is 0 Å². The van der Waals surface area contributed by atoms with E-state index in [4.69, 9.17) is 4.74 Å². The van der Waals surface area contributed by atoms with Gasteiger partial charge in [-0.2, -0.15) is 16.9 Å². The molecule has 0 aromatic carbocycles. The molecular formula is C15H25N3OS. The first-order valence-corrected chi connectivity index (χ1v) is 8.97. The molecule has 2 aliphatic rings. The molecule has 0 aliphatic carbocycles. The second kappa shape index (κ2) is 6.96. The van der Waals surface area contributed by atoms with E-state index in [0.717, 1.165) is 32.2 Å². The van der Waals surface area contributed by atoms with E-state index in [-0.39, 0.29) is 6.10 Å². The first kappa shape index (κ1) is 14.4. The summed E-state index contributed by atoms with van der Waals surface area (Å²) in [5, 5.41) is 8.14. The van der Waals surface area contributed by atoms with Gasteiger partial charge < -0.3 is 10.1 Å². The quantitative estimate of drug-likeness (QED) is 0.906. The molecule has 20 heavy (non-hydrogen) atoms. The van der Waals surface area contributed by atoms with Crippen LogP contribution in [0.1, 0.15) is 37.9 Å². The molecule has 2 atom stereocenters. The third-order valence-electron chi connectivity index (χ3n) is 4.41. The van der Waals surface area contributed by atoms with Gasteiger partial charge in [0.15, 0.2) is 0 Å². The Kier molecular flexibility index (Phi) is 5.02. The fraction of sp³-hybridized carbons (Fsp3) is 0.800. The Morgan fingerprint density at radius 1 is 1.40 bits per heavy atom. The first-order chi connectivity index (χ1) is 9.86. The van der Waals surface area contributed by atoms with Gasteiger partial charge in [0.05, 0.1) is 12.3 Å². The zero-order valence-electron chi connectivity index (χ0n) is 12.3. The molecule has 3 rings (SSSR count). The van der Waals surface area contributed by atoms with Crippen molar-refractivity contribution in [3.05, 3.63) is 18.0 Å². The third-order valence-corrected chi connectivity index (χ3v) is 5.46. The van der Waals surface area contributed by atoms with Gasteiger partial charge in [-0.3, -0.25) is 4.68 Å². The zero-order chi connectivity index (χ0) is 13.8. The van der Waals surface area contributed by atoms with Crippen LogP contribution in [0, 0.1) is 5.92 Å². The van der Waals surface area contributed by atoms with Crippen molar-refractivity contribution >= 4 is 11.8 Å². The highest BCUT2D eigenvalue weighted by Gasteiger charge is 2.31. The van der Waals surface area contributed by atoms with Crippen molar-refractivity contribution in [2.45, 2.75) is 44.9 Å². The van der Waals surface area contributed by atoms with E-state index in [1.807, 2.05) is 10.9 Å². The molecule has 1 N–H and O–H groups in total. The number of nitrogens with one attached hydrogen (secondary N) is 1. The number of aryl methyl sites for hydroxylation is 1. The lowest BCUT2D eigenvalue weighted by Crippen LogP contribution is -2.36. The van der Waals surface area contributed by atoms with Gasteiger partial charge in [0, 0.05) is 43.4 Å². The third kappa shape index (κ3) is 3.38. The predicted molar refractivity (Wildman–Crippen MR) is 83.1 cm³/mol. The van der Waals surface area contributed by atoms with Crippen LogP contribution in [0.2, 0.25) is 0 Å². The van der Waals surface area contributed by atoms with Crippen molar-refractivity contribution in [3.8, 4) is 0 Å². The van der Waals surface area contributed by atoms with Crippen LogP contribution in [0.25, 0.3) is 0 Å². The fourth-order valence-electron chi connectivity index (χ4n) is 3.13. The summed E-state index contributed by atoms with van der Waals surface area (Å²) in [7, 11) is 0. The van der Waals surface area contributed by atoms with Gasteiger partial charge in [-0.05, 0) is 37.7 Å². The largest absolute Gasteiger partial charge is 0.373 e. The maximum Gasteiger partial charge on any atom is 0.0896 e. The normalized spacial score (nSPS) is 28.1. The van der Waals surface area contributed by atoms with E-state index in [0.29, 0.717) is 5.92 Å². The minimum Gasteiger partial charge on any atom is -0.373 e. The van der Waals surface area contributed by atoms with Crippen LogP contribution in [0.3, 0.4) is 0 Å². The number of nitrogens with zero attached hydrogens (tertiary/aromatic N) is 2. The monoisotopic (exact) mass is 295 g/mol. The lowest BCUT2D eigenvalue weighted by molar-refractivity contribution is 0.0896. The fourth-order valence-corrected chi connectivity index (χ4v) is 4.24. The SMILES string of the molecule is CCn1cc([C@H]2OCC[C@@H]2CNC2CCSCC2)cn1. The molecule has 3 heterocycles. The number of aromatic nitrogens is 2. The minimum absolute atomic E-state index is 0.237. The second-order valence-electron chi connectivity index (χ2n) is 5.76. The molecule has 0 radical (unpaired) electrons. The van der Waals surface area contributed by atoms with Crippen LogP contribution in [-0.4, -0.2) is 40.5 Å². The Hall–Kier alpha value is -0.520. The average molecular weight is 295 g/mol. The van der Waals surface area contributed by atoms with Gasteiger partial charge in [-0.1, -0.05) is 0 Å². The molecule has 0 bridgehead atoms. The highest BCUT2D eigenvalue weighted by molar-refractivity contribution is 7.99. The van der Waals surface area contributed by atoms with Crippen molar-refractivity contribution in [2.75, 3.05) is 24.7 Å². The van der Waals surface area contributed by atoms with Gasteiger partial charge in [-0.15, -0.1) is 0 Å². The number of hydrogen-bond acceptors (Lipinski definition) is 4. The summed E-state index contributed by atoms with van der Waals surface area (Å²) in [6.07, 6.45) is 8.15. The predicted octanol–water partition coefficient (Wildman–Crippen LogP) is 2.47. The number of ether oxygens (including phenoxy) is 1. The zero-order valence-corrected chi connectivity index (χ0v) is 13.1. The van der Waals surface area contributed by atoms with Gasteiger partial charge in [0.1, 0.15) is 0 Å². The molecule has 0 amide bonds. The molecule has 112 valence electrons. The molecule has 5 heteroatoms. The maximum absolute atomic E-state index is 5.95. The topological polar surface area (TPSA) is 39.1 Å². The smallest absolute Gasteiger partial charge is 0.0896 e. The molecular weight excluding hydrogens is 270 g/mol. The number of hydrogen-bond donors (Lipinski definition) is 1. The van der Waals surface area contributed by atoms with Crippen LogP contribution in [0.15, 0.2) is 12.4 Å². The molecule has 2 saturated heterocycles. The van der Waals surface area contributed by atoms with Crippen molar-refractivity contribution in [2.24, 2.45) is 5.92 Å². The van der Waals surface area contributed by atoms with Crippen molar-refractivity contribution in [3.63, 3.8) is 0 Å². The van der Waals surface area contributed by atoms with Crippen LogP contribution in [0.4, 0.5) is 0 Å². The summed E-state index contributed by atoms with van der Waals surface area (Å²) < 4.78 is 7.94. The summed E-state index contributed by atoms with van der Waals surface area (Å²) in [5.74, 6) is 3.22. The van der Waals surface area contributed by atoms with E-state index in [1.165, 1.54) is 29.9 Å². The number of rotatable bonds is 5. The van der Waals surface area contributed by atoms with E-state index < -0.39 is 0 Å². The standard InChI is InChI=1S/C15H25N3OS/c1-2-18-11-13(10-17-18)15-12(3-6-19-15)9-16-14-4-7-20-8-5-14/h10-12,14-16H,2-9H2,1H3/t12-,15+/m1/s1. The Bertz CT molecular complexity index is 417. The van der Waals surface area contributed by atoms with Crippen LogP contribution >= 0.6 is 11.8 Å². The Labute approximate surface area is 125 Å². The van der Waals surface area contributed by atoms with E-state index >= 15 is 0 Å². The number of thioether (sulfide) groups is 1. The molecule has 2 aliphatic heterocycles. The molecule has 1 aromatic rings. The molecule has 2 fully saturated rings. The summed E-state index contributed by atoms with van der Waals surface area (Å²) >= 11 is 2.08. The van der Waals surface area contributed by atoms with Crippen molar-refractivity contribution in [1.82, 2.24) is 15.1 Å².